The molecule has 1 aromatic carbocycles. The van der Waals surface area contributed by atoms with Crippen molar-refractivity contribution in [1.82, 2.24) is 0 Å². The molecule has 0 aromatic heterocycles. The molecule has 270 valence electrons. The minimum absolute atomic E-state index is 0.112. The summed E-state index contributed by atoms with van der Waals surface area (Å²) in [5.41, 5.74) is 1.17. The van der Waals surface area contributed by atoms with Crippen molar-refractivity contribution in [2.24, 2.45) is 5.92 Å². The molecular weight excluding hydrogens is 699 g/mol. The predicted molar refractivity (Wildman–Crippen MR) is 213 cm³/mol. The van der Waals surface area contributed by atoms with Crippen LogP contribution in [0.15, 0.2) is 54.6 Å². The molecule has 0 heterocycles. The molecule has 0 aliphatic heterocycles. The zero-order valence-electron chi connectivity index (χ0n) is 32.2. The van der Waals surface area contributed by atoms with Crippen LogP contribution in [0.25, 0.3) is 0 Å². The molecule has 0 spiro atoms. The van der Waals surface area contributed by atoms with Gasteiger partial charge in [-0.15, -0.1) is 0 Å². The summed E-state index contributed by atoms with van der Waals surface area (Å²) in [6.07, 6.45) is 22.4. The van der Waals surface area contributed by atoms with Gasteiger partial charge in [-0.25, -0.2) is 0 Å². The summed E-state index contributed by atoms with van der Waals surface area (Å²) in [6.45, 7) is 20.8. The number of rotatable bonds is 30. The molecule has 2 atom stereocenters. The fourth-order valence-electron chi connectivity index (χ4n) is 7.33. The number of hydrogen-bond acceptors (Lipinski definition) is 3. The number of carbonyl (C=O) groups is 1. The normalized spacial score (nSPS) is 13.6. The van der Waals surface area contributed by atoms with E-state index < -0.39 is 26.7 Å². The van der Waals surface area contributed by atoms with E-state index in [0.29, 0.717) is 5.75 Å². The quantitative estimate of drug-likeness (QED) is 0.0338. The number of unbranched alkanes of at least 4 members (excludes halogenated alkanes) is 6. The van der Waals surface area contributed by atoms with Gasteiger partial charge >= 0.3 is 300 Å². The Bertz CT molecular complexity index is 918. The summed E-state index contributed by atoms with van der Waals surface area (Å²) >= 11 is -2.57. The van der Waals surface area contributed by atoms with E-state index >= 15 is 0 Å². The van der Waals surface area contributed by atoms with E-state index in [-0.39, 0.29) is 18.0 Å². The van der Waals surface area contributed by atoms with E-state index in [4.69, 9.17) is 15.7 Å². The van der Waals surface area contributed by atoms with Crippen LogP contribution in [0.4, 0.5) is 0 Å². The van der Waals surface area contributed by atoms with Crippen molar-refractivity contribution in [3.8, 4) is 5.75 Å². The van der Waals surface area contributed by atoms with Gasteiger partial charge in [0, 0.05) is 0 Å². The van der Waals surface area contributed by atoms with Crippen LogP contribution in [0, 0.1) is 5.92 Å². The van der Waals surface area contributed by atoms with Crippen molar-refractivity contribution < 1.29 is 14.0 Å². The predicted octanol–water partition coefficient (Wildman–Crippen LogP) is 14.1. The molecule has 1 rings (SSSR count). The summed E-state index contributed by atoms with van der Waals surface area (Å²) in [4.78, 5) is 14.1. The van der Waals surface area contributed by atoms with Gasteiger partial charge in [0.1, 0.15) is 0 Å². The van der Waals surface area contributed by atoms with E-state index in [2.05, 4.69) is 60.6 Å². The van der Waals surface area contributed by atoms with Gasteiger partial charge in [-0.3, -0.25) is 0 Å². The Morgan fingerprint density at radius 2 is 1.26 bits per heavy atom. The molecule has 0 aliphatic carbocycles. The van der Waals surface area contributed by atoms with Gasteiger partial charge < -0.3 is 0 Å². The van der Waals surface area contributed by atoms with Crippen LogP contribution in [-0.2, 0) is 9.22 Å². The monoisotopic (exact) mass is 776 g/mol. The Morgan fingerprint density at radius 1 is 0.766 bits per heavy atom. The molecule has 5 heteroatoms. The van der Waals surface area contributed by atoms with Crippen molar-refractivity contribution in [2.45, 2.75) is 187 Å². The molecular formula is C42H76O3SiSn. The van der Waals surface area contributed by atoms with Crippen molar-refractivity contribution in [2.75, 3.05) is 0 Å². The van der Waals surface area contributed by atoms with Crippen LogP contribution < -0.4 is 4.74 Å². The number of hydrogen-bond donors (Lipinski definition) is 0. The van der Waals surface area contributed by atoms with Crippen LogP contribution in [0.5, 0.6) is 5.75 Å². The SMILES string of the molecule is C=C([CH2][Sn]([CH2]CCC)([CH2]CCC)[CH2]CCC)[C@H](CC[C@@H](C/C=C/C)O[Si](CCCC)(CCCC)CCCC)C(=O)Oc1ccccc1. The van der Waals surface area contributed by atoms with Crippen LogP contribution in [0.3, 0.4) is 0 Å². The Morgan fingerprint density at radius 3 is 1.70 bits per heavy atom. The zero-order valence-corrected chi connectivity index (χ0v) is 36.0. The van der Waals surface area contributed by atoms with E-state index in [1.165, 1.54) is 114 Å². The van der Waals surface area contributed by atoms with Crippen LogP contribution in [0.1, 0.15) is 145 Å². The summed E-state index contributed by atoms with van der Waals surface area (Å²) in [5, 5.41) is 0. The number of esters is 1. The summed E-state index contributed by atoms with van der Waals surface area (Å²) in [6, 6.07) is 13.5. The molecule has 0 aliphatic rings. The Hall–Kier alpha value is -0.854. The van der Waals surface area contributed by atoms with Gasteiger partial charge in [-0.2, -0.15) is 0 Å². The van der Waals surface area contributed by atoms with E-state index in [9.17, 15) is 4.79 Å². The molecule has 0 amide bonds. The van der Waals surface area contributed by atoms with Gasteiger partial charge in [0.05, 0.1) is 0 Å². The topological polar surface area (TPSA) is 35.5 Å². The molecule has 0 N–H and O–H groups in total. The first-order chi connectivity index (χ1) is 22.8. The molecule has 0 saturated heterocycles. The molecule has 0 fully saturated rings. The van der Waals surface area contributed by atoms with Crippen molar-refractivity contribution in [1.29, 1.82) is 0 Å². The molecule has 3 nitrogen and oxygen atoms in total. The summed E-state index contributed by atoms with van der Waals surface area (Å²) in [5.74, 6) is 0.254. The zero-order chi connectivity index (χ0) is 34.8. The second kappa shape index (κ2) is 26.9. The van der Waals surface area contributed by atoms with Crippen LogP contribution in [-0.4, -0.2) is 38.8 Å². The van der Waals surface area contributed by atoms with Crippen LogP contribution in [0.2, 0.25) is 35.9 Å². The first-order valence-corrected chi connectivity index (χ1v) is 30.6. The third kappa shape index (κ3) is 18.1. The Balaban J connectivity index is 3.44. The van der Waals surface area contributed by atoms with Crippen molar-refractivity contribution in [3.05, 3.63) is 54.6 Å². The third-order valence-corrected chi connectivity index (χ3v) is 30.5. The number of benzene rings is 1. The van der Waals surface area contributed by atoms with Crippen LogP contribution >= 0.6 is 0 Å². The average molecular weight is 776 g/mol. The van der Waals surface area contributed by atoms with E-state index in [0.717, 1.165) is 23.7 Å². The van der Waals surface area contributed by atoms with Crippen molar-refractivity contribution in [3.63, 3.8) is 0 Å². The third-order valence-electron chi connectivity index (χ3n) is 10.3. The Kier molecular flexibility index (Phi) is 25.3. The fraction of sp³-hybridized carbons (Fsp3) is 0.738. The second-order valence-electron chi connectivity index (χ2n) is 14.5. The van der Waals surface area contributed by atoms with Gasteiger partial charge in [0.2, 0.25) is 0 Å². The summed E-state index contributed by atoms with van der Waals surface area (Å²) < 4.78 is 19.0. The number of allylic oxidation sites excluding steroid dienone is 1. The number of para-hydroxylation sites is 1. The van der Waals surface area contributed by atoms with Gasteiger partial charge in [0.25, 0.3) is 0 Å². The van der Waals surface area contributed by atoms with Crippen molar-refractivity contribution >= 4 is 32.7 Å². The molecule has 0 unspecified atom stereocenters. The number of carbonyl (C=O) groups excluding carboxylic acids is 1. The molecule has 47 heavy (non-hydrogen) atoms. The standard InChI is InChI=1S/C30H49O3Si.3C4H9.Sn/c1-7-11-18-28(33-34(23-12-8-2,24-13-9-3)25-14-10-4)21-22-29(26(5)6)30(31)32-27-19-16-15-17-20-27;3*1-3-4-2;/h7,11,15-17,19-20,28-29H,5-6,8-10,12-14,18,21-25H2,1-4H3;3*1,3-4H2,2H3;/b11-7+;;;;/t28-,29+;;;;/m1..../s1. The van der Waals surface area contributed by atoms with Gasteiger partial charge in [-0.1, -0.05) is 0 Å². The van der Waals surface area contributed by atoms with E-state index in [1.54, 1.807) is 0 Å². The second-order valence-corrected chi connectivity index (χ2v) is 32.5. The maximum absolute atomic E-state index is 14.1. The average Bonchev–Trinajstić information content (AvgIpc) is 3.08. The summed E-state index contributed by atoms with van der Waals surface area (Å²) in [7, 11) is -1.90. The first-order valence-electron chi connectivity index (χ1n) is 20.0. The maximum atomic E-state index is 14.1. The Labute approximate surface area is 298 Å². The molecule has 1 aromatic rings. The first kappa shape index (κ1) is 44.2. The van der Waals surface area contributed by atoms with E-state index in [1.807, 2.05) is 30.3 Å². The fourth-order valence-corrected chi connectivity index (χ4v) is 28.9. The molecule has 0 radical (unpaired) electrons. The minimum atomic E-state index is -2.57. The number of ether oxygens (including phenoxy) is 1. The van der Waals surface area contributed by atoms with Gasteiger partial charge in [-0.05, 0) is 0 Å². The molecule has 0 saturated carbocycles. The van der Waals surface area contributed by atoms with Gasteiger partial charge in [0.15, 0.2) is 0 Å². The molecule has 0 bridgehead atoms.